The molecule has 0 saturated carbocycles. The van der Waals surface area contributed by atoms with Crippen LogP contribution in [0.1, 0.15) is 0 Å². The van der Waals surface area contributed by atoms with Gasteiger partial charge in [0.15, 0.2) is 5.75 Å². The smallest absolute Gasteiger partial charge is 0.320 e. The molecule has 0 radical (unpaired) electrons. The van der Waals surface area contributed by atoms with E-state index in [9.17, 15) is 13.2 Å². The molecule has 11 heavy (non-hydrogen) atoms. The molecule has 1 N–H and O–H groups in total. The van der Waals surface area contributed by atoms with E-state index < -0.39 is 21.7 Å². The van der Waals surface area contributed by atoms with Crippen LogP contribution < -0.4 is 0 Å². The van der Waals surface area contributed by atoms with Gasteiger partial charge in [-0.3, -0.25) is 9.63 Å². The van der Waals surface area contributed by atoms with Gasteiger partial charge in [0, 0.05) is 7.05 Å². The van der Waals surface area contributed by atoms with E-state index >= 15 is 0 Å². The third-order valence-corrected chi connectivity index (χ3v) is 2.50. The Hall–Kier alpha value is -0.660. The number of sulfonamides is 1. The fourth-order valence-corrected chi connectivity index (χ4v) is 1.08. The molecule has 0 aromatic heterocycles. The van der Waals surface area contributed by atoms with Crippen LogP contribution in [0.2, 0.25) is 0 Å². The van der Waals surface area contributed by atoms with Crippen LogP contribution in [0.4, 0.5) is 0 Å². The summed E-state index contributed by atoms with van der Waals surface area (Å²) in [6.07, 6.45) is 0. The molecule has 0 atom stereocenters. The summed E-state index contributed by atoms with van der Waals surface area (Å²) in [7, 11) is -1.54. The number of hydrogen-bond acceptors (Lipinski definition) is 4. The van der Waals surface area contributed by atoms with Crippen molar-refractivity contribution in [3.05, 3.63) is 0 Å². The summed E-state index contributed by atoms with van der Waals surface area (Å²) in [4.78, 5) is 14.3. The fraction of sp³-hybridized carbons (Fsp3) is 0.750. The first kappa shape index (κ1) is 10.3. The molecule has 0 spiro atoms. The molecule has 0 aromatic carbocycles. The SMILES string of the molecule is CON(C)S(=O)(=O)CC(=O)O. The minimum absolute atomic E-state index is 0.501. The second-order valence-corrected chi connectivity index (χ2v) is 3.71. The molecule has 0 amide bonds. The molecule has 0 aliphatic rings. The van der Waals surface area contributed by atoms with Crippen LogP contribution in [0.5, 0.6) is 0 Å². The maximum atomic E-state index is 10.8. The number of rotatable bonds is 4. The predicted molar refractivity (Wildman–Crippen MR) is 36.2 cm³/mol. The van der Waals surface area contributed by atoms with Crippen molar-refractivity contribution in [3.63, 3.8) is 0 Å². The highest BCUT2D eigenvalue weighted by molar-refractivity contribution is 7.89. The van der Waals surface area contributed by atoms with Crippen LogP contribution in [0, 0.1) is 0 Å². The Bertz CT molecular complexity index is 233. The number of carboxylic acid groups (broad SMARTS) is 1. The molecule has 66 valence electrons. The van der Waals surface area contributed by atoms with Gasteiger partial charge in [-0.2, -0.15) is 0 Å². The van der Waals surface area contributed by atoms with Crippen molar-refractivity contribution in [1.82, 2.24) is 4.47 Å². The Morgan fingerprint density at radius 2 is 2.09 bits per heavy atom. The quantitative estimate of drug-likeness (QED) is 0.559. The summed E-state index contributed by atoms with van der Waals surface area (Å²) in [5.74, 6) is -2.37. The standard InChI is InChI=1S/C4H9NO5S/c1-5(10-2)11(8,9)3-4(6)7/h3H2,1-2H3,(H,6,7). The monoisotopic (exact) mass is 183 g/mol. The van der Waals surface area contributed by atoms with Gasteiger partial charge in [-0.15, -0.1) is 0 Å². The van der Waals surface area contributed by atoms with Gasteiger partial charge < -0.3 is 5.11 Å². The number of aliphatic carboxylic acids is 1. The highest BCUT2D eigenvalue weighted by atomic mass is 32.2. The molecule has 0 aromatic rings. The second-order valence-electron chi connectivity index (χ2n) is 1.74. The van der Waals surface area contributed by atoms with E-state index in [1.807, 2.05) is 0 Å². The summed E-state index contributed by atoms with van der Waals surface area (Å²) in [6, 6.07) is 0. The Morgan fingerprint density at radius 3 is 2.36 bits per heavy atom. The molecule has 0 unspecified atom stereocenters. The van der Waals surface area contributed by atoms with Gasteiger partial charge in [0.1, 0.15) is 0 Å². The van der Waals surface area contributed by atoms with Crippen molar-refractivity contribution in [1.29, 1.82) is 0 Å². The number of carboxylic acids is 1. The van der Waals surface area contributed by atoms with Crippen LogP contribution in [0.15, 0.2) is 0 Å². The zero-order valence-electron chi connectivity index (χ0n) is 6.14. The highest BCUT2D eigenvalue weighted by Gasteiger charge is 2.21. The van der Waals surface area contributed by atoms with E-state index in [4.69, 9.17) is 5.11 Å². The third kappa shape index (κ3) is 3.30. The maximum absolute atomic E-state index is 10.8. The largest absolute Gasteiger partial charge is 0.480 e. The normalized spacial score (nSPS) is 11.9. The molecular formula is C4H9NO5S. The van der Waals surface area contributed by atoms with Crippen molar-refractivity contribution in [2.24, 2.45) is 0 Å². The van der Waals surface area contributed by atoms with Gasteiger partial charge in [-0.05, 0) is 0 Å². The highest BCUT2D eigenvalue weighted by Crippen LogP contribution is 1.96. The maximum Gasteiger partial charge on any atom is 0.320 e. The zero-order chi connectivity index (χ0) is 9.07. The van der Waals surface area contributed by atoms with Gasteiger partial charge in [0.25, 0.3) is 0 Å². The summed E-state index contributed by atoms with van der Waals surface area (Å²) < 4.78 is 22.1. The average Bonchev–Trinajstić information content (AvgIpc) is 1.83. The zero-order valence-corrected chi connectivity index (χ0v) is 6.96. The molecule has 0 bridgehead atoms. The van der Waals surface area contributed by atoms with Gasteiger partial charge >= 0.3 is 5.97 Å². The van der Waals surface area contributed by atoms with E-state index in [0.717, 1.165) is 14.2 Å². The van der Waals surface area contributed by atoms with Crippen molar-refractivity contribution < 1.29 is 23.2 Å². The topological polar surface area (TPSA) is 83.9 Å². The number of carbonyl (C=O) groups is 1. The van der Waals surface area contributed by atoms with Crippen LogP contribution in [-0.2, 0) is 19.7 Å². The molecular weight excluding hydrogens is 174 g/mol. The Balaban J connectivity index is 4.35. The van der Waals surface area contributed by atoms with E-state index in [0.29, 0.717) is 4.47 Å². The average molecular weight is 183 g/mol. The lowest BCUT2D eigenvalue weighted by Gasteiger charge is -2.11. The van der Waals surface area contributed by atoms with Crippen molar-refractivity contribution >= 4 is 16.0 Å². The first-order valence-electron chi connectivity index (χ1n) is 2.62. The Morgan fingerprint density at radius 1 is 1.64 bits per heavy atom. The van der Waals surface area contributed by atoms with Gasteiger partial charge in [0.2, 0.25) is 10.0 Å². The van der Waals surface area contributed by atoms with Gasteiger partial charge in [0.05, 0.1) is 7.11 Å². The minimum atomic E-state index is -3.80. The summed E-state index contributed by atoms with van der Waals surface area (Å²) in [6.45, 7) is 0. The van der Waals surface area contributed by atoms with Crippen molar-refractivity contribution in [2.75, 3.05) is 19.9 Å². The number of nitrogens with zero attached hydrogens (tertiary/aromatic N) is 1. The van der Waals surface area contributed by atoms with Crippen LogP contribution in [-0.4, -0.2) is 43.9 Å². The lowest BCUT2D eigenvalue weighted by molar-refractivity contribution is -0.134. The molecule has 0 heterocycles. The van der Waals surface area contributed by atoms with E-state index in [2.05, 4.69) is 4.84 Å². The third-order valence-electron chi connectivity index (χ3n) is 0.955. The van der Waals surface area contributed by atoms with Gasteiger partial charge in [-0.1, -0.05) is 4.47 Å². The van der Waals surface area contributed by atoms with E-state index in [1.165, 1.54) is 0 Å². The molecule has 0 fully saturated rings. The molecule has 0 aliphatic carbocycles. The van der Waals surface area contributed by atoms with Crippen LogP contribution in [0.25, 0.3) is 0 Å². The lowest BCUT2D eigenvalue weighted by Crippen LogP contribution is -2.31. The lowest BCUT2D eigenvalue weighted by atomic mass is 10.8. The molecule has 0 aliphatic heterocycles. The van der Waals surface area contributed by atoms with Crippen LogP contribution in [0.3, 0.4) is 0 Å². The van der Waals surface area contributed by atoms with Gasteiger partial charge in [-0.25, -0.2) is 8.42 Å². The molecule has 0 saturated heterocycles. The van der Waals surface area contributed by atoms with Crippen molar-refractivity contribution in [3.8, 4) is 0 Å². The fourth-order valence-electron chi connectivity index (χ4n) is 0.361. The van der Waals surface area contributed by atoms with E-state index in [-0.39, 0.29) is 0 Å². The van der Waals surface area contributed by atoms with Crippen molar-refractivity contribution in [2.45, 2.75) is 0 Å². The van der Waals surface area contributed by atoms with Crippen LogP contribution >= 0.6 is 0 Å². The minimum Gasteiger partial charge on any atom is -0.480 e. The van der Waals surface area contributed by atoms with E-state index in [1.54, 1.807) is 0 Å². The first-order valence-corrected chi connectivity index (χ1v) is 4.23. The summed E-state index contributed by atoms with van der Waals surface area (Å²) >= 11 is 0. The number of hydroxylamine groups is 1. The molecule has 6 nitrogen and oxygen atoms in total. The summed E-state index contributed by atoms with van der Waals surface area (Å²) in [5, 5.41) is 8.13. The molecule has 7 heteroatoms. The molecule has 0 rings (SSSR count). The number of hydrogen-bond donors (Lipinski definition) is 1. The predicted octanol–water partition coefficient (Wildman–Crippen LogP) is -1.11. The second kappa shape index (κ2) is 3.65. The first-order chi connectivity index (χ1) is 4.90. The summed E-state index contributed by atoms with van der Waals surface area (Å²) in [5.41, 5.74) is 0. The Kier molecular flexibility index (Phi) is 3.43. The Labute approximate surface area is 64.4 Å².